The molecule has 0 aliphatic heterocycles. The van der Waals surface area contributed by atoms with Crippen LogP contribution in [0.3, 0.4) is 0 Å². The van der Waals surface area contributed by atoms with Crippen molar-refractivity contribution in [1.82, 2.24) is 0 Å². The van der Waals surface area contributed by atoms with Crippen molar-refractivity contribution >= 4 is 17.9 Å². The first-order chi connectivity index (χ1) is 29.0. The Balaban J connectivity index is 4.57. The highest BCUT2D eigenvalue weighted by Gasteiger charge is 2.19. The normalized spacial score (nSPS) is 12.9. The van der Waals surface area contributed by atoms with Crippen molar-refractivity contribution in [1.29, 1.82) is 0 Å². The Morgan fingerprint density at radius 1 is 0.373 bits per heavy atom. The SMILES string of the molecule is CC/C=C/C=C/C=C/C=C/C=C/CCCC(=O)OC(COC(=O)CC/C=C/C/C=C/CCCCCCCC)COC(=O)CCCCCCCCC/C=C/CCCCCC. The summed E-state index contributed by atoms with van der Waals surface area (Å²) in [5, 5.41) is 0. The van der Waals surface area contributed by atoms with Crippen LogP contribution >= 0.6 is 0 Å². The summed E-state index contributed by atoms with van der Waals surface area (Å²) in [6.45, 7) is 6.33. The van der Waals surface area contributed by atoms with Crippen LogP contribution in [-0.4, -0.2) is 37.2 Å². The summed E-state index contributed by atoms with van der Waals surface area (Å²) in [6, 6.07) is 0. The standard InChI is InChI=1S/C53H86O6/c1-4-7-10-13-16-19-22-25-26-29-31-34-37-40-43-46-52(55)58-49-50(59-53(56)47-44-41-38-35-32-28-24-21-18-15-12-9-6-3)48-57-51(54)45-42-39-36-33-30-27-23-20-17-14-11-8-5-2/h9,12,15,18-19,21-22,24,27-28,30,32,35-36,38-39,50H,4-8,10-11,13-14,16-17,20,23,25-26,29,31,33-34,37,40-49H2,1-3H3/b12-9+,18-15+,22-19+,24-21+,30-27+,32-28+,38-35+,39-36+. The highest BCUT2D eigenvalue weighted by Crippen LogP contribution is 2.12. The quantitative estimate of drug-likeness (QED) is 0.0201. The maximum absolute atomic E-state index is 12.7. The second kappa shape index (κ2) is 47.0. The number of esters is 3. The predicted molar refractivity (Wildman–Crippen MR) is 251 cm³/mol. The van der Waals surface area contributed by atoms with Crippen LogP contribution in [-0.2, 0) is 28.6 Å². The van der Waals surface area contributed by atoms with Gasteiger partial charge in [0.05, 0.1) is 0 Å². The van der Waals surface area contributed by atoms with Crippen LogP contribution in [0, 0.1) is 0 Å². The maximum Gasteiger partial charge on any atom is 0.306 e. The van der Waals surface area contributed by atoms with E-state index in [2.05, 4.69) is 57.2 Å². The molecule has 334 valence electrons. The molecule has 0 amide bonds. The van der Waals surface area contributed by atoms with E-state index in [1.165, 1.54) is 103 Å². The van der Waals surface area contributed by atoms with E-state index >= 15 is 0 Å². The molecule has 59 heavy (non-hydrogen) atoms. The van der Waals surface area contributed by atoms with Gasteiger partial charge in [-0.1, -0.05) is 201 Å². The fraction of sp³-hybridized carbons (Fsp3) is 0.642. The fourth-order valence-corrected chi connectivity index (χ4v) is 6.11. The zero-order valence-corrected chi connectivity index (χ0v) is 38.0. The summed E-state index contributed by atoms with van der Waals surface area (Å²) >= 11 is 0. The molecule has 0 bridgehead atoms. The van der Waals surface area contributed by atoms with Gasteiger partial charge in [-0.2, -0.15) is 0 Å². The summed E-state index contributed by atoms with van der Waals surface area (Å²) in [5.74, 6) is -1.08. The van der Waals surface area contributed by atoms with Gasteiger partial charge in [-0.15, -0.1) is 0 Å². The van der Waals surface area contributed by atoms with Crippen molar-refractivity contribution in [3.8, 4) is 0 Å². The van der Waals surface area contributed by atoms with Crippen LogP contribution in [0.15, 0.2) is 97.2 Å². The molecular formula is C53H86O6. The van der Waals surface area contributed by atoms with Gasteiger partial charge in [0.1, 0.15) is 13.2 Å². The summed E-state index contributed by atoms with van der Waals surface area (Å²) in [5.41, 5.74) is 0. The lowest BCUT2D eigenvalue weighted by Gasteiger charge is -2.18. The van der Waals surface area contributed by atoms with Gasteiger partial charge in [0.15, 0.2) is 6.10 Å². The van der Waals surface area contributed by atoms with Crippen molar-refractivity contribution in [2.75, 3.05) is 13.2 Å². The Morgan fingerprint density at radius 3 is 1.34 bits per heavy atom. The number of hydrogen-bond acceptors (Lipinski definition) is 6. The van der Waals surface area contributed by atoms with Gasteiger partial charge < -0.3 is 14.2 Å². The molecule has 1 atom stereocenters. The smallest absolute Gasteiger partial charge is 0.306 e. The molecular weight excluding hydrogens is 733 g/mol. The van der Waals surface area contributed by atoms with E-state index in [4.69, 9.17) is 14.2 Å². The molecule has 0 saturated carbocycles. The van der Waals surface area contributed by atoms with Crippen LogP contribution in [0.25, 0.3) is 0 Å². The first-order valence-electron chi connectivity index (χ1n) is 23.8. The minimum absolute atomic E-state index is 0.127. The topological polar surface area (TPSA) is 78.9 Å². The van der Waals surface area contributed by atoms with Gasteiger partial charge >= 0.3 is 17.9 Å². The number of unbranched alkanes of at least 4 members (excludes halogenated alkanes) is 18. The second-order valence-electron chi connectivity index (χ2n) is 15.4. The zero-order chi connectivity index (χ0) is 43.0. The molecule has 6 nitrogen and oxygen atoms in total. The Morgan fingerprint density at radius 2 is 0.780 bits per heavy atom. The minimum Gasteiger partial charge on any atom is -0.462 e. The van der Waals surface area contributed by atoms with Gasteiger partial charge in [-0.25, -0.2) is 0 Å². The molecule has 0 aromatic rings. The summed E-state index contributed by atoms with van der Waals surface area (Å²) in [4.78, 5) is 37.8. The van der Waals surface area contributed by atoms with Crippen molar-refractivity contribution in [2.45, 2.75) is 207 Å². The number of carbonyl (C=O) groups is 3. The van der Waals surface area contributed by atoms with Crippen LogP contribution in [0.4, 0.5) is 0 Å². The monoisotopic (exact) mass is 819 g/mol. The average Bonchev–Trinajstić information content (AvgIpc) is 3.23. The van der Waals surface area contributed by atoms with Crippen molar-refractivity contribution in [3.63, 3.8) is 0 Å². The molecule has 0 aliphatic carbocycles. The van der Waals surface area contributed by atoms with Crippen LogP contribution in [0.2, 0.25) is 0 Å². The molecule has 0 radical (unpaired) electrons. The molecule has 0 heterocycles. The molecule has 1 unspecified atom stereocenters. The third kappa shape index (κ3) is 45.3. The summed E-state index contributed by atoms with van der Waals surface area (Å²) in [7, 11) is 0. The molecule has 0 aromatic carbocycles. The van der Waals surface area contributed by atoms with Crippen LogP contribution in [0.1, 0.15) is 201 Å². The minimum atomic E-state index is -0.838. The first-order valence-corrected chi connectivity index (χ1v) is 23.8. The number of carbonyl (C=O) groups excluding carboxylic acids is 3. The molecule has 0 spiro atoms. The highest BCUT2D eigenvalue weighted by molar-refractivity contribution is 5.71. The summed E-state index contributed by atoms with van der Waals surface area (Å²) in [6.07, 6.45) is 61.2. The van der Waals surface area contributed by atoms with E-state index in [1.54, 1.807) is 0 Å². The van der Waals surface area contributed by atoms with E-state index in [1.807, 2.05) is 60.8 Å². The Labute approximate surface area is 362 Å². The summed E-state index contributed by atoms with van der Waals surface area (Å²) < 4.78 is 16.6. The van der Waals surface area contributed by atoms with Crippen LogP contribution in [0.5, 0.6) is 0 Å². The molecule has 0 saturated heterocycles. The van der Waals surface area contributed by atoms with E-state index in [-0.39, 0.29) is 38.0 Å². The van der Waals surface area contributed by atoms with E-state index in [9.17, 15) is 14.4 Å². The van der Waals surface area contributed by atoms with Gasteiger partial charge in [-0.05, 0) is 77.0 Å². The van der Waals surface area contributed by atoms with Crippen LogP contribution < -0.4 is 0 Å². The van der Waals surface area contributed by atoms with Gasteiger partial charge in [0, 0.05) is 19.3 Å². The molecule has 6 heteroatoms. The number of ether oxygens (including phenoxy) is 3. The lowest BCUT2D eigenvalue weighted by molar-refractivity contribution is -0.166. The first kappa shape index (κ1) is 55.3. The average molecular weight is 819 g/mol. The predicted octanol–water partition coefficient (Wildman–Crippen LogP) is 15.4. The molecule has 0 aliphatic rings. The number of rotatable bonds is 41. The van der Waals surface area contributed by atoms with Crippen molar-refractivity contribution in [2.24, 2.45) is 0 Å². The maximum atomic E-state index is 12.7. The van der Waals surface area contributed by atoms with E-state index < -0.39 is 12.1 Å². The molecule has 0 N–H and O–H groups in total. The van der Waals surface area contributed by atoms with Crippen molar-refractivity contribution < 1.29 is 28.6 Å². The zero-order valence-electron chi connectivity index (χ0n) is 38.0. The third-order valence-corrected chi connectivity index (χ3v) is 9.68. The van der Waals surface area contributed by atoms with Gasteiger partial charge in [0.2, 0.25) is 0 Å². The Hall–Kier alpha value is -3.67. The number of allylic oxidation sites excluding steroid dienone is 16. The lowest BCUT2D eigenvalue weighted by atomic mass is 10.1. The lowest BCUT2D eigenvalue weighted by Crippen LogP contribution is -2.30. The van der Waals surface area contributed by atoms with Gasteiger partial charge in [0.25, 0.3) is 0 Å². The second-order valence-corrected chi connectivity index (χ2v) is 15.4. The fourth-order valence-electron chi connectivity index (χ4n) is 6.11. The molecule has 0 rings (SSSR count). The Bertz CT molecular complexity index is 1220. The number of hydrogen-bond donors (Lipinski definition) is 0. The largest absolute Gasteiger partial charge is 0.462 e. The Kier molecular flexibility index (Phi) is 44.1. The molecule has 0 aromatic heterocycles. The third-order valence-electron chi connectivity index (χ3n) is 9.68. The van der Waals surface area contributed by atoms with E-state index in [0.717, 1.165) is 44.9 Å². The molecule has 0 fully saturated rings. The van der Waals surface area contributed by atoms with Crippen molar-refractivity contribution in [3.05, 3.63) is 97.2 Å². The van der Waals surface area contributed by atoms with Gasteiger partial charge in [-0.3, -0.25) is 14.4 Å². The highest BCUT2D eigenvalue weighted by atomic mass is 16.6. The van der Waals surface area contributed by atoms with E-state index in [0.29, 0.717) is 19.3 Å².